The van der Waals surface area contributed by atoms with Gasteiger partial charge in [-0.05, 0) is 49.6 Å². The summed E-state index contributed by atoms with van der Waals surface area (Å²) in [7, 11) is 1.67. The molecule has 2 heterocycles. The van der Waals surface area contributed by atoms with Crippen molar-refractivity contribution in [2.75, 3.05) is 59.5 Å². The molecular weight excluding hydrogens is 477 g/mol. The molecule has 2 unspecified atom stereocenters. The molecule has 2 aliphatic heterocycles. The van der Waals surface area contributed by atoms with E-state index in [0.29, 0.717) is 49.3 Å². The second-order valence-corrected chi connectivity index (χ2v) is 9.86. The third-order valence-electron chi connectivity index (χ3n) is 6.57. The number of carbonyl (C=O) groups is 2. The summed E-state index contributed by atoms with van der Waals surface area (Å²) in [5, 5.41) is 11.0. The molecular formula is C25H35Cl2N3O4. The van der Waals surface area contributed by atoms with Crippen LogP contribution in [0.4, 0.5) is 0 Å². The van der Waals surface area contributed by atoms with Gasteiger partial charge in [0.2, 0.25) is 11.8 Å². The average molecular weight is 512 g/mol. The molecule has 1 aromatic carbocycles. The SMILES string of the molecule is COCC1CN(CCCCN2CCN(C(=O)C=Cc3ccc(Cl)c(Cl)c3)CCC2=O)CCC1O. The summed E-state index contributed by atoms with van der Waals surface area (Å²) in [5.41, 5.74) is 0.798. The number of hydrogen-bond donors (Lipinski definition) is 1. The van der Waals surface area contributed by atoms with Gasteiger partial charge in [0, 0.05) is 64.8 Å². The number of halogens is 2. The van der Waals surface area contributed by atoms with Crippen molar-refractivity contribution in [2.45, 2.75) is 31.8 Å². The van der Waals surface area contributed by atoms with Crippen molar-refractivity contribution in [3.8, 4) is 0 Å². The standard InChI is InChI=1S/C25H35Cl2N3O4/c1-34-18-20-17-28(12-8-23(20)31)10-2-3-11-29-14-15-30(13-9-25(29)33)24(32)7-5-19-4-6-21(26)22(27)16-19/h4-7,16,20,23,31H,2-3,8-15,17-18H2,1H3. The average Bonchev–Trinajstić information content (AvgIpc) is 3.01. The van der Waals surface area contributed by atoms with E-state index in [1.54, 1.807) is 36.3 Å². The molecule has 1 aromatic rings. The molecule has 0 radical (unpaired) electrons. The van der Waals surface area contributed by atoms with Gasteiger partial charge in [0.05, 0.1) is 22.8 Å². The zero-order chi connectivity index (χ0) is 24.5. The predicted molar refractivity (Wildman–Crippen MR) is 135 cm³/mol. The number of piperidine rings is 1. The van der Waals surface area contributed by atoms with E-state index in [2.05, 4.69) is 4.90 Å². The Kier molecular flexibility index (Phi) is 10.7. The molecule has 2 aliphatic rings. The lowest BCUT2D eigenvalue weighted by molar-refractivity contribution is -0.130. The van der Waals surface area contributed by atoms with Gasteiger partial charge in [-0.2, -0.15) is 0 Å². The maximum atomic E-state index is 12.6. The Hall–Kier alpha value is -1.64. The van der Waals surface area contributed by atoms with Crippen LogP contribution in [-0.2, 0) is 14.3 Å². The highest BCUT2D eigenvalue weighted by Crippen LogP contribution is 2.23. The molecule has 3 rings (SSSR count). The van der Waals surface area contributed by atoms with Crippen LogP contribution in [0.15, 0.2) is 24.3 Å². The number of aliphatic hydroxyl groups excluding tert-OH is 1. The van der Waals surface area contributed by atoms with Gasteiger partial charge in [0.15, 0.2) is 0 Å². The molecule has 0 spiro atoms. The summed E-state index contributed by atoms with van der Waals surface area (Å²) >= 11 is 12.0. The van der Waals surface area contributed by atoms with Crippen LogP contribution in [-0.4, -0.2) is 97.3 Å². The Morgan fingerprint density at radius 2 is 1.94 bits per heavy atom. The Labute approximate surface area is 212 Å². The zero-order valence-electron chi connectivity index (χ0n) is 19.8. The second-order valence-electron chi connectivity index (χ2n) is 9.04. The van der Waals surface area contributed by atoms with Crippen LogP contribution in [0.3, 0.4) is 0 Å². The minimum Gasteiger partial charge on any atom is -0.393 e. The van der Waals surface area contributed by atoms with E-state index in [9.17, 15) is 14.7 Å². The molecule has 2 fully saturated rings. The van der Waals surface area contributed by atoms with Crippen molar-refractivity contribution in [3.63, 3.8) is 0 Å². The summed E-state index contributed by atoms with van der Waals surface area (Å²) in [4.78, 5) is 31.2. The summed E-state index contributed by atoms with van der Waals surface area (Å²) < 4.78 is 5.23. The van der Waals surface area contributed by atoms with Crippen molar-refractivity contribution in [2.24, 2.45) is 5.92 Å². The molecule has 0 saturated carbocycles. The smallest absolute Gasteiger partial charge is 0.246 e. The lowest BCUT2D eigenvalue weighted by Gasteiger charge is -2.36. The summed E-state index contributed by atoms with van der Waals surface area (Å²) in [5.74, 6) is 0.156. The highest BCUT2D eigenvalue weighted by molar-refractivity contribution is 6.42. The largest absolute Gasteiger partial charge is 0.393 e. The zero-order valence-corrected chi connectivity index (χ0v) is 21.3. The molecule has 7 nitrogen and oxygen atoms in total. The molecule has 2 saturated heterocycles. The van der Waals surface area contributed by atoms with Crippen molar-refractivity contribution < 1.29 is 19.4 Å². The molecule has 9 heteroatoms. The van der Waals surface area contributed by atoms with E-state index in [-0.39, 0.29) is 23.8 Å². The van der Waals surface area contributed by atoms with Crippen molar-refractivity contribution in [3.05, 3.63) is 39.9 Å². The first-order valence-electron chi connectivity index (χ1n) is 12.0. The number of amides is 2. The summed E-state index contributed by atoms with van der Waals surface area (Å²) in [6, 6.07) is 5.21. The van der Waals surface area contributed by atoms with Crippen LogP contribution in [0.1, 0.15) is 31.2 Å². The Morgan fingerprint density at radius 1 is 1.15 bits per heavy atom. The van der Waals surface area contributed by atoms with E-state index in [4.69, 9.17) is 27.9 Å². The van der Waals surface area contributed by atoms with Gasteiger partial charge in [-0.3, -0.25) is 9.59 Å². The van der Waals surface area contributed by atoms with E-state index in [0.717, 1.165) is 44.5 Å². The van der Waals surface area contributed by atoms with Gasteiger partial charge in [-0.1, -0.05) is 29.3 Å². The second kappa shape index (κ2) is 13.4. The number of methoxy groups -OCH3 is 1. The number of likely N-dealkylation sites (tertiary alicyclic amines) is 1. The number of unbranched alkanes of at least 4 members (excludes halogenated alkanes) is 1. The van der Waals surface area contributed by atoms with Crippen LogP contribution in [0.25, 0.3) is 6.08 Å². The quantitative estimate of drug-likeness (QED) is 0.407. The van der Waals surface area contributed by atoms with Crippen LogP contribution in [0.5, 0.6) is 0 Å². The van der Waals surface area contributed by atoms with Gasteiger partial charge < -0.3 is 24.5 Å². The lowest BCUT2D eigenvalue weighted by atomic mass is 9.95. The highest BCUT2D eigenvalue weighted by Gasteiger charge is 2.27. The van der Waals surface area contributed by atoms with E-state index in [1.165, 1.54) is 6.08 Å². The number of hydrogen-bond acceptors (Lipinski definition) is 5. The third-order valence-corrected chi connectivity index (χ3v) is 7.31. The Balaban J connectivity index is 1.40. The number of rotatable bonds is 9. The van der Waals surface area contributed by atoms with E-state index < -0.39 is 0 Å². The van der Waals surface area contributed by atoms with Gasteiger partial charge in [-0.25, -0.2) is 0 Å². The predicted octanol–water partition coefficient (Wildman–Crippen LogP) is 3.18. The normalized spacial score (nSPS) is 22.4. The van der Waals surface area contributed by atoms with Crippen LogP contribution in [0.2, 0.25) is 10.0 Å². The number of ether oxygens (including phenoxy) is 1. The minimum absolute atomic E-state index is 0.102. The third kappa shape index (κ3) is 7.95. The molecule has 188 valence electrons. The molecule has 1 N–H and O–H groups in total. The van der Waals surface area contributed by atoms with Gasteiger partial charge in [0.1, 0.15) is 0 Å². The minimum atomic E-state index is -0.282. The molecule has 2 amide bonds. The van der Waals surface area contributed by atoms with Crippen molar-refractivity contribution in [1.29, 1.82) is 0 Å². The van der Waals surface area contributed by atoms with Gasteiger partial charge in [-0.15, -0.1) is 0 Å². The fraction of sp³-hybridized carbons (Fsp3) is 0.600. The molecule has 0 aromatic heterocycles. The van der Waals surface area contributed by atoms with E-state index >= 15 is 0 Å². The van der Waals surface area contributed by atoms with Crippen molar-refractivity contribution >= 4 is 41.1 Å². The maximum Gasteiger partial charge on any atom is 0.246 e. The first kappa shape index (κ1) is 27.0. The van der Waals surface area contributed by atoms with Gasteiger partial charge in [0.25, 0.3) is 0 Å². The van der Waals surface area contributed by atoms with Gasteiger partial charge >= 0.3 is 0 Å². The number of nitrogens with zero attached hydrogens (tertiary/aromatic N) is 3. The molecule has 2 atom stereocenters. The summed E-state index contributed by atoms with van der Waals surface area (Å²) in [6.45, 7) is 5.50. The summed E-state index contributed by atoms with van der Waals surface area (Å²) in [6.07, 6.45) is 5.99. The first-order chi connectivity index (χ1) is 16.4. The molecule has 0 bridgehead atoms. The topological polar surface area (TPSA) is 73.3 Å². The highest BCUT2D eigenvalue weighted by atomic mass is 35.5. The van der Waals surface area contributed by atoms with Crippen LogP contribution in [0, 0.1) is 5.92 Å². The maximum absolute atomic E-state index is 12.6. The van der Waals surface area contributed by atoms with Crippen LogP contribution >= 0.6 is 23.2 Å². The number of benzene rings is 1. The molecule has 34 heavy (non-hydrogen) atoms. The lowest BCUT2D eigenvalue weighted by Crippen LogP contribution is -2.45. The number of aliphatic hydroxyl groups is 1. The Bertz CT molecular complexity index is 867. The fourth-order valence-electron chi connectivity index (χ4n) is 4.53. The Morgan fingerprint density at radius 3 is 2.71 bits per heavy atom. The molecule has 0 aliphatic carbocycles. The number of carbonyl (C=O) groups excluding carboxylic acids is 2. The monoisotopic (exact) mass is 511 g/mol. The fourth-order valence-corrected chi connectivity index (χ4v) is 4.83. The van der Waals surface area contributed by atoms with Crippen molar-refractivity contribution in [1.82, 2.24) is 14.7 Å². The van der Waals surface area contributed by atoms with Crippen LogP contribution < -0.4 is 0 Å². The first-order valence-corrected chi connectivity index (χ1v) is 12.7. The van der Waals surface area contributed by atoms with E-state index in [1.807, 2.05) is 4.90 Å².